The van der Waals surface area contributed by atoms with Gasteiger partial charge in [-0.3, -0.25) is 4.79 Å². The molecule has 0 aromatic heterocycles. The third-order valence-corrected chi connectivity index (χ3v) is 4.78. The van der Waals surface area contributed by atoms with E-state index in [0.717, 1.165) is 41.9 Å². The average Bonchev–Trinajstić information content (AvgIpc) is 3.03. The fourth-order valence-electron chi connectivity index (χ4n) is 3.59. The number of aliphatic hydroxyl groups is 1. The van der Waals surface area contributed by atoms with Gasteiger partial charge in [0.05, 0.1) is 31.4 Å². The summed E-state index contributed by atoms with van der Waals surface area (Å²) in [6.45, 7) is 3.05. The molecule has 24 heavy (non-hydrogen) atoms. The average molecular weight is 331 g/mol. The first-order chi connectivity index (χ1) is 11.6. The Hall–Kier alpha value is -2.01. The second-order valence-corrected chi connectivity index (χ2v) is 6.35. The molecule has 0 spiro atoms. The normalized spacial score (nSPS) is 24.0. The molecule has 0 aliphatic carbocycles. The lowest BCUT2D eigenvalue weighted by atomic mass is 10.0. The summed E-state index contributed by atoms with van der Waals surface area (Å²) in [5.74, 6) is 1.56. The van der Waals surface area contributed by atoms with Crippen LogP contribution >= 0.6 is 0 Å². The molecule has 0 saturated carbocycles. The van der Waals surface area contributed by atoms with Crippen molar-refractivity contribution in [3.8, 4) is 5.75 Å². The van der Waals surface area contributed by atoms with Crippen molar-refractivity contribution in [2.75, 3.05) is 20.3 Å². The van der Waals surface area contributed by atoms with Gasteiger partial charge >= 0.3 is 0 Å². The highest BCUT2D eigenvalue weighted by molar-refractivity contribution is 5.94. The van der Waals surface area contributed by atoms with Gasteiger partial charge in [0.25, 0.3) is 5.91 Å². The highest BCUT2D eigenvalue weighted by Gasteiger charge is 2.37. The zero-order chi connectivity index (χ0) is 17.1. The number of rotatable bonds is 4. The zero-order valence-corrected chi connectivity index (χ0v) is 14.3. The summed E-state index contributed by atoms with van der Waals surface area (Å²) in [5.41, 5.74) is 1.76. The summed E-state index contributed by atoms with van der Waals surface area (Å²) in [6.07, 6.45) is 2.39. The van der Waals surface area contributed by atoms with Gasteiger partial charge in [-0.25, -0.2) is 0 Å². The number of hydrogen-bond acceptors (Lipinski definition) is 4. The van der Waals surface area contributed by atoms with Crippen LogP contribution in [0.5, 0.6) is 5.75 Å². The van der Waals surface area contributed by atoms with Crippen LogP contribution in [0.2, 0.25) is 0 Å². The van der Waals surface area contributed by atoms with Crippen LogP contribution < -0.4 is 4.74 Å². The lowest BCUT2D eigenvalue weighted by molar-refractivity contribution is -0.129. The number of methoxy groups -OCH3 is 1. The number of nitrogens with zero attached hydrogens (tertiary/aromatic N) is 1. The van der Waals surface area contributed by atoms with E-state index in [1.165, 1.54) is 0 Å². The van der Waals surface area contributed by atoms with Crippen molar-refractivity contribution in [1.29, 1.82) is 0 Å². The molecular formula is C19H25NO4. The molecule has 2 heterocycles. The van der Waals surface area contributed by atoms with Crippen LogP contribution in [0.4, 0.5) is 0 Å². The first-order valence-corrected chi connectivity index (χ1v) is 8.61. The monoisotopic (exact) mass is 331 g/mol. The summed E-state index contributed by atoms with van der Waals surface area (Å²) in [6, 6.07) is 7.60. The molecule has 130 valence electrons. The smallest absolute Gasteiger partial charge is 0.253 e. The van der Waals surface area contributed by atoms with Gasteiger partial charge in [-0.2, -0.15) is 0 Å². The van der Waals surface area contributed by atoms with E-state index < -0.39 is 6.10 Å². The second-order valence-electron chi connectivity index (χ2n) is 6.35. The summed E-state index contributed by atoms with van der Waals surface area (Å²) < 4.78 is 11.0. The Morgan fingerprint density at radius 1 is 1.46 bits per heavy atom. The van der Waals surface area contributed by atoms with Gasteiger partial charge in [0.1, 0.15) is 11.5 Å². The molecule has 2 aliphatic rings. The van der Waals surface area contributed by atoms with Gasteiger partial charge < -0.3 is 19.5 Å². The minimum Gasteiger partial charge on any atom is -0.497 e. The van der Waals surface area contributed by atoms with Crippen LogP contribution in [0.3, 0.4) is 0 Å². The number of likely N-dealkylation sites (tertiary alicyclic amines) is 1. The number of amides is 1. The number of allylic oxidation sites excluding steroid dienone is 1. The number of β-amino-alcohol motifs (C(OH)–C–C–N with tert-alkyl or cyclic N) is 1. The molecule has 2 unspecified atom stereocenters. The third-order valence-electron chi connectivity index (χ3n) is 4.78. The summed E-state index contributed by atoms with van der Waals surface area (Å²) in [4.78, 5) is 14.9. The fraction of sp³-hybridized carbons (Fsp3) is 0.526. The molecule has 0 bridgehead atoms. The SMILES string of the molecule is CCC1=C(C(=O)N2CC(O)CC2c2cccc(OC)c2)CCCO1. The van der Waals surface area contributed by atoms with Crippen molar-refractivity contribution in [2.24, 2.45) is 0 Å². The fourth-order valence-corrected chi connectivity index (χ4v) is 3.59. The van der Waals surface area contributed by atoms with E-state index in [0.29, 0.717) is 19.6 Å². The molecule has 1 saturated heterocycles. The first kappa shape index (κ1) is 16.8. The van der Waals surface area contributed by atoms with Gasteiger partial charge in [-0.1, -0.05) is 19.1 Å². The predicted octanol–water partition coefficient (Wildman–Crippen LogP) is 2.80. The van der Waals surface area contributed by atoms with Gasteiger partial charge in [-0.15, -0.1) is 0 Å². The van der Waals surface area contributed by atoms with Crippen LogP contribution in [-0.2, 0) is 9.53 Å². The van der Waals surface area contributed by atoms with Crippen LogP contribution in [0.15, 0.2) is 35.6 Å². The molecule has 5 heteroatoms. The highest BCUT2D eigenvalue weighted by atomic mass is 16.5. The topological polar surface area (TPSA) is 59.0 Å². The molecule has 1 aromatic carbocycles. The number of carbonyl (C=O) groups is 1. The van der Waals surface area contributed by atoms with E-state index >= 15 is 0 Å². The highest BCUT2D eigenvalue weighted by Crippen LogP contribution is 2.36. The minimum atomic E-state index is -0.500. The van der Waals surface area contributed by atoms with Crippen LogP contribution in [0, 0.1) is 0 Å². The predicted molar refractivity (Wildman–Crippen MR) is 90.6 cm³/mol. The van der Waals surface area contributed by atoms with Crippen LogP contribution in [0.1, 0.15) is 44.2 Å². The minimum absolute atomic E-state index is 0.00378. The Morgan fingerprint density at radius 3 is 3.04 bits per heavy atom. The maximum atomic E-state index is 13.1. The molecule has 0 radical (unpaired) electrons. The van der Waals surface area contributed by atoms with E-state index in [4.69, 9.17) is 9.47 Å². The van der Waals surface area contributed by atoms with E-state index in [1.54, 1.807) is 12.0 Å². The lowest BCUT2D eigenvalue weighted by Crippen LogP contribution is -2.34. The standard InChI is InChI=1S/C19H25NO4/c1-3-18-16(8-5-9-24-18)19(22)20-12-14(21)11-17(20)13-6-4-7-15(10-13)23-2/h4,6-7,10,14,17,21H,3,5,8-9,11-12H2,1-2H3. The first-order valence-electron chi connectivity index (χ1n) is 8.61. The van der Waals surface area contributed by atoms with E-state index in [1.807, 2.05) is 31.2 Å². The third kappa shape index (κ3) is 3.26. The summed E-state index contributed by atoms with van der Waals surface area (Å²) >= 11 is 0. The summed E-state index contributed by atoms with van der Waals surface area (Å²) in [7, 11) is 1.63. The van der Waals surface area contributed by atoms with Crippen molar-refractivity contribution in [3.05, 3.63) is 41.2 Å². The number of aliphatic hydroxyl groups excluding tert-OH is 1. The van der Waals surface area contributed by atoms with Gasteiger partial charge in [0, 0.05) is 13.0 Å². The van der Waals surface area contributed by atoms with Crippen LogP contribution in [-0.4, -0.2) is 42.3 Å². The number of ether oxygens (including phenoxy) is 2. The van der Waals surface area contributed by atoms with E-state index in [2.05, 4.69) is 0 Å². The van der Waals surface area contributed by atoms with Crippen molar-refractivity contribution < 1.29 is 19.4 Å². The molecular weight excluding hydrogens is 306 g/mol. The quantitative estimate of drug-likeness (QED) is 0.922. The molecule has 5 nitrogen and oxygen atoms in total. The molecule has 3 rings (SSSR count). The van der Waals surface area contributed by atoms with Crippen molar-refractivity contribution in [3.63, 3.8) is 0 Å². The molecule has 2 atom stereocenters. The molecule has 1 fully saturated rings. The van der Waals surface area contributed by atoms with E-state index in [-0.39, 0.29) is 11.9 Å². The molecule has 1 amide bonds. The largest absolute Gasteiger partial charge is 0.497 e. The van der Waals surface area contributed by atoms with E-state index in [9.17, 15) is 9.90 Å². The van der Waals surface area contributed by atoms with Crippen LogP contribution in [0.25, 0.3) is 0 Å². The maximum Gasteiger partial charge on any atom is 0.253 e. The Balaban J connectivity index is 1.90. The number of carbonyl (C=O) groups excluding carboxylic acids is 1. The van der Waals surface area contributed by atoms with Gasteiger partial charge in [0.2, 0.25) is 0 Å². The maximum absolute atomic E-state index is 13.1. The number of benzene rings is 1. The molecule has 1 N–H and O–H groups in total. The van der Waals surface area contributed by atoms with Crippen molar-refractivity contribution >= 4 is 5.91 Å². The van der Waals surface area contributed by atoms with Crippen molar-refractivity contribution in [2.45, 2.75) is 44.8 Å². The van der Waals surface area contributed by atoms with Gasteiger partial charge in [-0.05, 0) is 37.0 Å². The zero-order valence-electron chi connectivity index (χ0n) is 14.3. The number of hydrogen-bond donors (Lipinski definition) is 1. The lowest BCUT2D eigenvalue weighted by Gasteiger charge is -2.29. The second kappa shape index (κ2) is 7.26. The van der Waals surface area contributed by atoms with Crippen molar-refractivity contribution in [1.82, 2.24) is 4.90 Å². The molecule has 2 aliphatic heterocycles. The Labute approximate surface area is 142 Å². The Morgan fingerprint density at radius 2 is 2.29 bits per heavy atom. The Bertz CT molecular complexity index is 640. The summed E-state index contributed by atoms with van der Waals surface area (Å²) in [5, 5.41) is 10.2. The van der Waals surface area contributed by atoms with Gasteiger partial charge in [0.15, 0.2) is 0 Å². The Kier molecular flexibility index (Phi) is 5.09. The molecule has 1 aromatic rings.